The summed E-state index contributed by atoms with van der Waals surface area (Å²) in [7, 11) is 1.32. The van der Waals surface area contributed by atoms with E-state index in [0.29, 0.717) is 23.5 Å². The van der Waals surface area contributed by atoms with Crippen molar-refractivity contribution >= 4 is 23.4 Å². The topological polar surface area (TPSA) is 64.1 Å². The summed E-state index contributed by atoms with van der Waals surface area (Å²) in [6.45, 7) is 4.26. The van der Waals surface area contributed by atoms with Crippen molar-refractivity contribution in [3.8, 4) is 0 Å². The van der Waals surface area contributed by atoms with Crippen LogP contribution in [0, 0.1) is 5.92 Å². The summed E-state index contributed by atoms with van der Waals surface area (Å²) >= 11 is 6.43. The third kappa shape index (κ3) is 3.93. The molecule has 0 amide bonds. The summed E-state index contributed by atoms with van der Waals surface area (Å²) in [5.74, 6) is 1.21. The molecular formula is C19H22ClN3O2. The highest BCUT2D eigenvalue weighted by Gasteiger charge is 2.31. The zero-order chi connectivity index (χ0) is 18.0. The van der Waals surface area contributed by atoms with Crippen molar-refractivity contribution in [1.82, 2.24) is 9.97 Å². The first-order chi connectivity index (χ1) is 12.0. The van der Waals surface area contributed by atoms with E-state index in [1.807, 2.05) is 18.2 Å². The van der Waals surface area contributed by atoms with Gasteiger partial charge in [-0.15, -0.1) is 0 Å². The molecule has 0 saturated heterocycles. The summed E-state index contributed by atoms with van der Waals surface area (Å²) in [4.78, 5) is 21.0. The van der Waals surface area contributed by atoms with E-state index in [4.69, 9.17) is 16.3 Å². The van der Waals surface area contributed by atoms with Gasteiger partial charge in [-0.2, -0.15) is 0 Å². The smallest absolute Gasteiger partial charge is 0.358 e. The number of halogens is 1. The van der Waals surface area contributed by atoms with Gasteiger partial charge in [0.25, 0.3) is 0 Å². The summed E-state index contributed by atoms with van der Waals surface area (Å²) < 4.78 is 4.82. The number of aromatic nitrogens is 2. The van der Waals surface area contributed by atoms with Crippen LogP contribution in [0.1, 0.15) is 60.5 Å². The lowest BCUT2D eigenvalue weighted by atomic mass is 9.96. The lowest BCUT2D eigenvalue weighted by Crippen LogP contribution is -2.20. The lowest BCUT2D eigenvalue weighted by Gasteiger charge is -2.24. The third-order valence-corrected chi connectivity index (χ3v) is 4.67. The molecule has 25 heavy (non-hydrogen) atoms. The molecule has 132 valence electrons. The minimum absolute atomic E-state index is 0.0196. The summed E-state index contributed by atoms with van der Waals surface area (Å²) in [6.07, 6.45) is 2.07. The van der Waals surface area contributed by atoms with Crippen LogP contribution in [0.2, 0.25) is 5.02 Å². The number of benzene rings is 1. The number of carbonyl (C=O) groups is 1. The fourth-order valence-electron chi connectivity index (χ4n) is 2.76. The molecule has 1 aromatic heterocycles. The highest BCUT2D eigenvalue weighted by molar-refractivity contribution is 6.35. The Labute approximate surface area is 152 Å². The second kappa shape index (κ2) is 7.40. The molecule has 6 heteroatoms. The zero-order valence-electron chi connectivity index (χ0n) is 14.6. The second-order valence-corrected chi connectivity index (χ2v) is 7.01. The maximum absolute atomic E-state index is 12.0. The lowest BCUT2D eigenvalue weighted by molar-refractivity contribution is 0.0593. The number of esters is 1. The molecule has 1 aliphatic carbocycles. The number of nitrogens with zero attached hydrogens (tertiary/aromatic N) is 2. The number of carbonyl (C=O) groups excluding carboxylic acids is 1. The Bertz CT molecular complexity index is 761. The van der Waals surface area contributed by atoms with Crippen molar-refractivity contribution in [2.75, 3.05) is 12.4 Å². The van der Waals surface area contributed by atoms with Crippen LogP contribution in [0.4, 0.5) is 5.82 Å². The Hall–Kier alpha value is -2.14. The Morgan fingerprint density at radius 1 is 1.24 bits per heavy atom. The molecule has 5 nitrogen and oxygen atoms in total. The molecule has 1 atom stereocenters. The third-order valence-electron chi connectivity index (χ3n) is 4.31. The number of ether oxygens (including phenoxy) is 1. The number of rotatable bonds is 6. The van der Waals surface area contributed by atoms with Crippen LogP contribution in [-0.2, 0) is 4.74 Å². The Morgan fingerprint density at radius 3 is 2.48 bits per heavy atom. The maximum atomic E-state index is 12.0. The molecule has 1 saturated carbocycles. The van der Waals surface area contributed by atoms with E-state index in [1.165, 1.54) is 7.11 Å². The summed E-state index contributed by atoms with van der Waals surface area (Å²) in [5, 5.41) is 3.62. The number of hydrogen-bond acceptors (Lipinski definition) is 5. The highest BCUT2D eigenvalue weighted by Crippen LogP contribution is 2.40. The Balaban J connectivity index is 2.00. The van der Waals surface area contributed by atoms with Gasteiger partial charge in [0, 0.05) is 5.92 Å². The first kappa shape index (κ1) is 17.7. The van der Waals surface area contributed by atoms with Crippen LogP contribution in [0.5, 0.6) is 0 Å². The molecule has 0 radical (unpaired) electrons. The molecule has 1 unspecified atom stereocenters. The van der Waals surface area contributed by atoms with Gasteiger partial charge in [-0.25, -0.2) is 14.8 Å². The quantitative estimate of drug-likeness (QED) is 0.763. The number of nitrogens with one attached hydrogen (secondary N) is 1. The predicted molar refractivity (Wildman–Crippen MR) is 98.0 cm³/mol. The van der Waals surface area contributed by atoms with Gasteiger partial charge in [-0.1, -0.05) is 55.8 Å². The van der Waals surface area contributed by atoms with Crippen LogP contribution in [-0.4, -0.2) is 23.0 Å². The summed E-state index contributed by atoms with van der Waals surface area (Å²) in [6, 6.07) is 10.1. The van der Waals surface area contributed by atoms with E-state index in [0.717, 1.165) is 18.4 Å². The standard InChI is InChI=1S/C19H22ClN3O2/c1-11(2)15(12-7-5-4-6-8-12)21-18-14(20)16(19(24)25-3)22-17(23-18)13-9-10-13/h4-8,11,13,15H,9-10H2,1-3H3,(H,21,22,23). The molecule has 2 aromatic rings. The molecule has 1 aliphatic rings. The van der Waals surface area contributed by atoms with Gasteiger partial charge >= 0.3 is 5.97 Å². The monoisotopic (exact) mass is 359 g/mol. The molecule has 1 heterocycles. The average molecular weight is 360 g/mol. The SMILES string of the molecule is COC(=O)c1nc(C2CC2)nc(NC(c2ccccc2)C(C)C)c1Cl. The normalized spacial score (nSPS) is 15.1. The fraction of sp³-hybridized carbons (Fsp3) is 0.421. The minimum Gasteiger partial charge on any atom is -0.464 e. The van der Waals surface area contributed by atoms with E-state index >= 15 is 0 Å². The minimum atomic E-state index is -0.543. The van der Waals surface area contributed by atoms with E-state index in [9.17, 15) is 4.79 Å². The molecule has 1 fully saturated rings. The van der Waals surface area contributed by atoms with Crippen LogP contribution in [0.25, 0.3) is 0 Å². The summed E-state index contributed by atoms with van der Waals surface area (Å²) in [5.41, 5.74) is 1.26. The van der Waals surface area contributed by atoms with Crippen molar-refractivity contribution in [3.63, 3.8) is 0 Å². The van der Waals surface area contributed by atoms with Crippen LogP contribution < -0.4 is 5.32 Å². The molecule has 0 spiro atoms. The zero-order valence-corrected chi connectivity index (χ0v) is 15.4. The van der Waals surface area contributed by atoms with Crippen molar-refractivity contribution in [3.05, 3.63) is 52.4 Å². The number of anilines is 1. The number of methoxy groups -OCH3 is 1. The van der Waals surface area contributed by atoms with E-state index < -0.39 is 5.97 Å². The highest BCUT2D eigenvalue weighted by atomic mass is 35.5. The first-order valence-electron chi connectivity index (χ1n) is 8.48. The largest absolute Gasteiger partial charge is 0.464 e. The average Bonchev–Trinajstić information content (AvgIpc) is 3.45. The first-order valence-corrected chi connectivity index (χ1v) is 8.86. The van der Waals surface area contributed by atoms with E-state index in [2.05, 4.69) is 41.3 Å². The van der Waals surface area contributed by atoms with Gasteiger partial charge < -0.3 is 10.1 Å². The Kier molecular flexibility index (Phi) is 5.23. The Morgan fingerprint density at radius 2 is 1.92 bits per heavy atom. The molecule has 1 N–H and O–H groups in total. The van der Waals surface area contributed by atoms with Crippen molar-refractivity contribution < 1.29 is 9.53 Å². The van der Waals surface area contributed by atoms with Crippen molar-refractivity contribution in [2.24, 2.45) is 5.92 Å². The van der Waals surface area contributed by atoms with Gasteiger partial charge in [0.05, 0.1) is 13.2 Å². The second-order valence-electron chi connectivity index (χ2n) is 6.64. The van der Waals surface area contributed by atoms with Gasteiger partial charge in [-0.05, 0) is 24.3 Å². The van der Waals surface area contributed by atoms with E-state index in [1.54, 1.807) is 0 Å². The van der Waals surface area contributed by atoms with Crippen LogP contribution in [0.15, 0.2) is 30.3 Å². The molecule has 0 bridgehead atoms. The predicted octanol–water partition coefficient (Wildman–Crippen LogP) is 4.60. The fourth-order valence-corrected chi connectivity index (χ4v) is 2.97. The van der Waals surface area contributed by atoms with Gasteiger partial charge in [0.2, 0.25) is 0 Å². The molecular weight excluding hydrogens is 338 g/mol. The van der Waals surface area contributed by atoms with Gasteiger partial charge in [-0.3, -0.25) is 0 Å². The van der Waals surface area contributed by atoms with Crippen LogP contribution in [0.3, 0.4) is 0 Å². The van der Waals surface area contributed by atoms with Crippen LogP contribution >= 0.6 is 11.6 Å². The molecule has 0 aliphatic heterocycles. The molecule has 1 aromatic carbocycles. The van der Waals surface area contributed by atoms with Crippen molar-refractivity contribution in [1.29, 1.82) is 0 Å². The van der Waals surface area contributed by atoms with Crippen molar-refractivity contribution in [2.45, 2.75) is 38.6 Å². The van der Waals surface area contributed by atoms with Gasteiger partial charge in [0.1, 0.15) is 16.7 Å². The molecule has 3 rings (SSSR count). The van der Waals surface area contributed by atoms with E-state index in [-0.39, 0.29) is 16.8 Å². The van der Waals surface area contributed by atoms with Gasteiger partial charge in [0.15, 0.2) is 5.69 Å². The maximum Gasteiger partial charge on any atom is 0.358 e. The number of hydrogen-bond donors (Lipinski definition) is 1.